The molecule has 0 aliphatic rings. The minimum Gasteiger partial charge on any atom is -0.493 e. The number of carbonyl (C=O) groups excluding carboxylic acids is 4. The summed E-state index contributed by atoms with van der Waals surface area (Å²) in [6.45, 7) is 3.85. The number of aromatic nitrogens is 2. The molecule has 2 amide bonds. The second-order valence-electron chi connectivity index (χ2n) is 11.3. The van der Waals surface area contributed by atoms with Crippen LogP contribution in [0.4, 0.5) is 11.4 Å². The zero-order chi connectivity index (χ0) is 36.6. The molecule has 0 aliphatic heterocycles. The second-order valence-corrected chi connectivity index (χ2v) is 11.3. The molecule has 0 spiro atoms. The van der Waals surface area contributed by atoms with Crippen molar-refractivity contribution in [2.45, 2.75) is 13.8 Å². The zero-order valence-corrected chi connectivity index (χ0v) is 28.5. The van der Waals surface area contributed by atoms with E-state index in [9.17, 15) is 19.2 Å². The smallest absolute Gasteiger partial charge is 0.338 e. The van der Waals surface area contributed by atoms with Crippen LogP contribution < -0.4 is 15.4 Å². The van der Waals surface area contributed by atoms with E-state index in [1.165, 1.54) is 54.6 Å². The minimum absolute atomic E-state index is 0.219. The van der Waals surface area contributed by atoms with Gasteiger partial charge in [0.2, 0.25) is 0 Å². The van der Waals surface area contributed by atoms with Gasteiger partial charge >= 0.3 is 11.9 Å². The number of nitrogens with one attached hydrogen (secondary N) is 2. The quantitative estimate of drug-likeness (QED) is 0.0580. The summed E-state index contributed by atoms with van der Waals surface area (Å²) < 4.78 is 23.5. The number of amides is 2. The van der Waals surface area contributed by atoms with Crippen LogP contribution in [0.1, 0.15) is 40.1 Å². The van der Waals surface area contributed by atoms with Gasteiger partial charge in [0.1, 0.15) is 11.3 Å². The molecule has 262 valence electrons. The fourth-order valence-corrected chi connectivity index (χ4v) is 5.31. The molecule has 12 nitrogen and oxygen atoms in total. The van der Waals surface area contributed by atoms with Crippen LogP contribution in [0.5, 0.6) is 5.75 Å². The molecule has 12 heteroatoms. The van der Waals surface area contributed by atoms with Crippen molar-refractivity contribution >= 4 is 52.2 Å². The van der Waals surface area contributed by atoms with E-state index in [-0.39, 0.29) is 18.8 Å². The van der Waals surface area contributed by atoms with E-state index in [0.717, 1.165) is 11.1 Å². The molecule has 6 rings (SSSR count). The molecule has 0 saturated heterocycles. The Bertz CT molecular complexity index is 2190. The van der Waals surface area contributed by atoms with Crippen LogP contribution >= 0.6 is 0 Å². The molecule has 2 heterocycles. The van der Waals surface area contributed by atoms with Crippen molar-refractivity contribution in [2.75, 3.05) is 31.0 Å². The first kappa shape index (κ1) is 34.9. The van der Waals surface area contributed by atoms with Gasteiger partial charge in [-0.15, -0.1) is 0 Å². The summed E-state index contributed by atoms with van der Waals surface area (Å²) in [6, 6.07) is 28.9. The molecule has 0 unspecified atom stereocenters. The van der Waals surface area contributed by atoms with Crippen molar-refractivity contribution in [1.82, 2.24) is 9.78 Å². The molecule has 0 saturated carbocycles. The van der Waals surface area contributed by atoms with Crippen molar-refractivity contribution in [3.63, 3.8) is 0 Å². The van der Waals surface area contributed by atoms with E-state index in [2.05, 4.69) is 10.6 Å². The van der Waals surface area contributed by atoms with Crippen LogP contribution in [0, 0.1) is 0 Å². The number of ether oxygens (including phenoxy) is 3. The van der Waals surface area contributed by atoms with E-state index in [4.69, 9.17) is 23.7 Å². The number of fused-ring (bicyclic) bond motifs is 1. The topological polar surface area (TPSA) is 151 Å². The van der Waals surface area contributed by atoms with E-state index < -0.39 is 23.8 Å². The summed E-state index contributed by atoms with van der Waals surface area (Å²) in [5, 5.41) is 11.1. The third-order valence-electron chi connectivity index (χ3n) is 7.82. The Morgan fingerprint density at radius 3 is 1.87 bits per heavy atom. The Kier molecular flexibility index (Phi) is 10.6. The summed E-state index contributed by atoms with van der Waals surface area (Å²) in [5.74, 6) is -1.57. The van der Waals surface area contributed by atoms with Gasteiger partial charge < -0.3 is 29.3 Å². The Balaban J connectivity index is 1.42. The number of rotatable bonds is 12. The second kappa shape index (κ2) is 15.7. The molecular formula is C40H34N4O8. The lowest BCUT2D eigenvalue weighted by atomic mass is 10.1. The molecule has 52 heavy (non-hydrogen) atoms. The minimum atomic E-state index is -0.741. The van der Waals surface area contributed by atoms with Crippen LogP contribution in [-0.4, -0.2) is 53.9 Å². The monoisotopic (exact) mass is 698 g/mol. The van der Waals surface area contributed by atoms with E-state index in [1.807, 2.05) is 48.5 Å². The first-order chi connectivity index (χ1) is 25.3. The Morgan fingerprint density at radius 1 is 0.750 bits per heavy atom. The SMILES string of the molecule is CCOC(=O)c1ccc(NC(=O)C(=Cc2cn(-c3ccccc3)nc2-c2cc3cccc(OC)c3o2)C(=O)Nc2ccc(C(=O)OCC)cc2)cc1. The highest BCUT2D eigenvalue weighted by Crippen LogP contribution is 2.35. The fraction of sp³-hybridized carbons (Fsp3) is 0.125. The van der Waals surface area contributed by atoms with Gasteiger partial charge in [0.25, 0.3) is 11.8 Å². The number of methoxy groups -OCH3 is 1. The third kappa shape index (κ3) is 7.76. The molecular weight excluding hydrogens is 664 g/mol. The molecule has 0 atom stereocenters. The van der Waals surface area contributed by atoms with Gasteiger partial charge in [-0.1, -0.05) is 30.3 Å². The number of nitrogens with zero attached hydrogens (tertiary/aromatic N) is 2. The molecule has 2 N–H and O–H groups in total. The number of carbonyl (C=O) groups is 4. The molecule has 0 aliphatic carbocycles. The van der Waals surface area contributed by atoms with Crippen molar-refractivity contribution in [3.05, 3.63) is 132 Å². The summed E-state index contributed by atoms with van der Waals surface area (Å²) in [5.41, 5.74) is 3.01. The van der Waals surface area contributed by atoms with Crippen LogP contribution in [0.25, 0.3) is 34.2 Å². The molecule has 2 aromatic heterocycles. The van der Waals surface area contributed by atoms with Gasteiger partial charge in [0, 0.05) is 28.5 Å². The average Bonchev–Trinajstić information content (AvgIpc) is 3.79. The normalized spacial score (nSPS) is 10.7. The Labute approximate surface area is 298 Å². The number of hydrogen-bond donors (Lipinski definition) is 2. The van der Waals surface area contributed by atoms with Gasteiger partial charge in [-0.05, 0) is 92.7 Å². The Hall–Kier alpha value is -6.95. The van der Waals surface area contributed by atoms with Crippen LogP contribution in [0.3, 0.4) is 0 Å². The molecule has 6 aromatic rings. The summed E-state index contributed by atoms with van der Waals surface area (Å²) in [6.07, 6.45) is 3.12. The number of furan rings is 1. The summed E-state index contributed by atoms with van der Waals surface area (Å²) in [4.78, 5) is 52.3. The summed E-state index contributed by atoms with van der Waals surface area (Å²) in [7, 11) is 1.55. The van der Waals surface area contributed by atoms with Crippen LogP contribution in [-0.2, 0) is 19.1 Å². The van der Waals surface area contributed by atoms with E-state index in [0.29, 0.717) is 50.9 Å². The predicted molar refractivity (Wildman–Crippen MR) is 195 cm³/mol. The zero-order valence-electron chi connectivity index (χ0n) is 28.5. The lowest BCUT2D eigenvalue weighted by molar-refractivity contribution is -0.118. The van der Waals surface area contributed by atoms with Crippen molar-refractivity contribution < 1.29 is 37.8 Å². The number of benzene rings is 4. The van der Waals surface area contributed by atoms with Crippen molar-refractivity contribution in [3.8, 4) is 22.9 Å². The van der Waals surface area contributed by atoms with Gasteiger partial charge in [0.15, 0.2) is 17.1 Å². The highest BCUT2D eigenvalue weighted by molar-refractivity contribution is 6.29. The van der Waals surface area contributed by atoms with E-state index in [1.54, 1.807) is 37.9 Å². The number of para-hydroxylation sites is 2. The highest BCUT2D eigenvalue weighted by Gasteiger charge is 2.24. The van der Waals surface area contributed by atoms with Gasteiger partial charge in [-0.3, -0.25) is 9.59 Å². The van der Waals surface area contributed by atoms with Gasteiger partial charge in [-0.25, -0.2) is 14.3 Å². The number of hydrogen-bond acceptors (Lipinski definition) is 9. The Morgan fingerprint density at radius 2 is 1.33 bits per heavy atom. The third-order valence-corrected chi connectivity index (χ3v) is 7.82. The van der Waals surface area contributed by atoms with Crippen molar-refractivity contribution in [1.29, 1.82) is 0 Å². The molecule has 0 fully saturated rings. The van der Waals surface area contributed by atoms with Crippen LogP contribution in [0.2, 0.25) is 0 Å². The average molecular weight is 699 g/mol. The largest absolute Gasteiger partial charge is 0.493 e. The van der Waals surface area contributed by atoms with Crippen LogP contribution in [0.15, 0.2) is 119 Å². The maximum absolute atomic E-state index is 14.0. The first-order valence-corrected chi connectivity index (χ1v) is 16.4. The maximum Gasteiger partial charge on any atom is 0.338 e. The lowest BCUT2D eigenvalue weighted by Gasteiger charge is -2.11. The molecule has 4 aromatic carbocycles. The number of esters is 2. The molecule has 0 bridgehead atoms. The number of anilines is 2. The maximum atomic E-state index is 14.0. The lowest BCUT2D eigenvalue weighted by Crippen LogP contribution is -2.25. The fourth-order valence-electron chi connectivity index (χ4n) is 5.31. The summed E-state index contributed by atoms with van der Waals surface area (Å²) >= 11 is 0. The predicted octanol–water partition coefficient (Wildman–Crippen LogP) is 7.31. The van der Waals surface area contributed by atoms with Crippen molar-refractivity contribution in [2.24, 2.45) is 0 Å². The van der Waals surface area contributed by atoms with E-state index >= 15 is 0 Å². The van der Waals surface area contributed by atoms with Gasteiger partial charge in [-0.2, -0.15) is 5.10 Å². The van der Waals surface area contributed by atoms with Gasteiger partial charge in [0.05, 0.1) is 37.1 Å². The molecule has 0 radical (unpaired) electrons. The standard InChI is InChI=1S/C40H34N4O8/c1-4-50-39(47)25-14-18-29(19-15-25)41-37(45)32(38(46)42-30-20-16-26(17-21-30)40(48)51-5-2)22-28-24-44(31-11-7-6-8-12-31)43-35(28)34-23-27-10-9-13-33(49-3)36(27)52-34/h6-24H,4-5H2,1-3H3,(H,41,45)(H,42,46). The highest BCUT2D eigenvalue weighted by atomic mass is 16.5. The first-order valence-electron chi connectivity index (χ1n) is 16.4.